The molecule has 21 heavy (non-hydrogen) atoms. The summed E-state index contributed by atoms with van der Waals surface area (Å²) in [5.41, 5.74) is 1.34. The summed E-state index contributed by atoms with van der Waals surface area (Å²) in [5.74, 6) is -0.351. The molecule has 6 heteroatoms. The summed E-state index contributed by atoms with van der Waals surface area (Å²) in [6.45, 7) is 0. The number of aromatic hydroxyl groups is 1. The van der Waals surface area contributed by atoms with Crippen LogP contribution < -0.4 is 0 Å². The van der Waals surface area contributed by atoms with Gasteiger partial charge in [-0.25, -0.2) is 4.39 Å². The van der Waals surface area contributed by atoms with Gasteiger partial charge >= 0.3 is 0 Å². The van der Waals surface area contributed by atoms with Gasteiger partial charge in [0.1, 0.15) is 22.9 Å². The van der Waals surface area contributed by atoms with Crippen molar-refractivity contribution in [3.63, 3.8) is 0 Å². The van der Waals surface area contributed by atoms with Crippen molar-refractivity contribution < 1.29 is 9.50 Å². The smallest absolute Gasteiger partial charge is 0.163 e. The summed E-state index contributed by atoms with van der Waals surface area (Å²) in [6.07, 6.45) is 1.55. The Morgan fingerprint density at radius 2 is 1.95 bits per heavy atom. The molecule has 1 N–H and O–H groups in total. The van der Waals surface area contributed by atoms with Crippen molar-refractivity contribution in [2.45, 2.75) is 0 Å². The second kappa shape index (κ2) is 5.06. The molecule has 0 radical (unpaired) electrons. The van der Waals surface area contributed by atoms with Crippen molar-refractivity contribution in [1.82, 2.24) is 15.0 Å². The molecule has 0 aliphatic rings. The van der Waals surface area contributed by atoms with Gasteiger partial charge in [-0.15, -0.1) is 15.0 Å². The third-order valence-electron chi connectivity index (χ3n) is 2.89. The van der Waals surface area contributed by atoms with Crippen molar-refractivity contribution in [1.29, 1.82) is 5.26 Å². The quantitative estimate of drug-likeness (QED) is 0.732. The first kappa shape index (κ1) is 12.8. The van der Waals surface area contributed by atoms with Crippen LogP contribution in [0, 0.1) is 17.1 Å². The van der Waals surface area contributed by atoms with E-state index >= 15 is 0 Å². The van der Waals surface area contributed by atoms with Gasteiger partial charge in [0.05, 0.1) is 0 Å². The van der Waals surface area contributed by atoms with Crippen LogP contribution in [0.25, 0.3) is 22.8 Å². The van der Waals surface area contributed by atoms with E-state index in [4.69, 9.17) is 0 Å². The second-order valence-electron chi connectivity index (χ2n) is 4.33. The van der Waals surface area contributed by atoms with E-state index in [1.165, 1.54) is 24.3 Å². The molecule has 5 nitrogen and oxygen atoms in total. The SMILES string of the molecule is N#C/C(=C\c1ccc(O)cc1)n1nc2cccc(F)c2n1. The van der Waals surface area contributed by atoms with Crippen molar-refractivity contribution in [3.8, 4) is 11.8 Å². The molecule has 0 aliphatic heterocycles. The highest BCUT2D eigenvalue weighted by Crippen LogP contribution is 2.17. The third kappa shape index (κ3) is 2.44. The van der Waals surface area contributed by atoms with Crippen LogP contribution in [-0.2, 0) is 0 Å². The average Bonchev–Trinajstić information content (AvgIpc) is 2.92. The minimum absolute atomic E-state index is 0.115. The largest absolute Gasteiger partial charge is 0.508 e. The molecule has 0 fully saturated rings. The molecule has 102 valence electrons. The molecule has 0 spiro atoms. The number of nitriles is 1. The number of allylic oxidation sites excluding steroid dienone is 1. The second-order valence-corrected chi connectivity index (χ2v) is 4.33. The number of hydrogen-bond acceptors (Lipinski definition) is 4. The minimum Gasteiger partial charge on any atom is -0.508 e. The van der Waals surface area contributed by atoms with Crippen LogP contribution in [0.5, 0.6) is 5.75 Å². The first-order chi connectivity index (χ1) is 10.2. The van der Waals surface area contributed by atoms with Crippen LogP contribution in [-0.4, -0.2) is 20.1 Å². The molecule has 2 aromatic carbocycles. The van der Waals surface area contributed by atoms with Crippen LogP contribution >= 0.6 is 0 Å². The zero-order valence-corrected chi connectivity index (χ0v) is 10.7. The van der Waals surface area contributed by atoms with Crippen LogP contribution in [0.15, 0.2) is 42.5 Å². The normalized spacial score (nSPS) is 11.5. The van der Waals surface area contributed by atoms with E-state index in [2.05, 4.69) is 10.2 Å². The maximum atomic E-state index is 13.6. The maximum Gasteiger partial charge on any atom is 0.163 e. The van der Waals surface area contributed by atoms with E-state index in [0.717, 1.165) is 4.80 Å². The molecule has 3 aromatic rings. The molecule has 1 heterocycles. The summed E-state index contributed by atoms with van der Waals surface area (Å²) in [7, 11) is 0. The Morgan fingerprint density at radius 1 is 1.19 bits per heavy atom. The van der Waals surface area contributed by atoms with E-state index in [1.54, 1.807) is 24.3 Å². The molecule has 0 saturated carbocycles. The lowest BCUT2D eigenvalue weighted by atomic mass is 10.2. The van der Waals surface area contributed by atoms with Crippen molar-refractivity contribution in [2.24, 2.45) is 0 Å². The van der Waals surface area contributed by atoms with E-state index in [1.807, 2.05) is 6.07 Å². The van der Waals surface area contributed by atoms with Gasteiger partial charge < -0.3 is 5.11 Å². The lowest BCUT2D eigenvalue weighted by Crippen LogP contribution is -1.99. The van der Waals surface area contributed by atoms with Gasteiger partial charge in [-0.3, -0.25) is 0 Å². The van der Waals surface area contributed by atoms with Crippen LogP contribution in [0.1, 0.15) is 5.56 Å². The Morgan fingerprint density at radius 3 is 2.62 bits per heavy atom. The topological polar surface area (TPSA) is 74.7 Å². The van der Waals surface area contributed by atoms with Crippen LogP contribution in [0.4, 0.5) is 4.39 Å². The number of rotatable bonds is 2. The van der Waals surface area contributed by atoms with Gasteiger partial charge in [-0.2, -0.15) is 5.26 Å². The van der Waals surface area contributed by atoms with Crippen molar-refractivity contribution >= 4 is 22.8 Å². The molecule has 1 aromatic heterocycles. The Labute approximate surface area is 119 Å². The van der Waals surface area contributed by atoms with E-state index in [-0.39, 0.29) is 17.0 Å². The highest BCUT2D eigenvalue weighted by molar-refractivity contribution is 5.81. The van der Waals surface area contributed by atoms with Crippen molar-refractivity contribution in [3.05, 3.63) is 53.8 Å². The molecule has 3 rings (SSSR count). The number of aromatic nitrogens is 3. The summed E-state index contributed by atoms with van der Waals surface area (Å²) < 4.78 is 13.6. The highest BCUT2D eigenvalue weighted by atomic mass is 19.1. The van der Waals surface area contributed by atoms with Gasteiger partial charge in [0, 0.05) is 0 Å². The average molecular weight is 280 g/mol. The maximum absolute atomic E-state index is 13.6. The van der Waals surface area contributed by atoms with E-state index < -0.39 is 5.82 Å². The standard InChI is InChI=1S/C15H9FN4O/c16-13-2-1-3-14-15(13)19-20(18-14)11(9-17)8-10-4-6-12(21)7-5-10/h1-8,21H/b11-8+. The number of phenols is 1. The van der Waals surface area contributed by atoms with E-state index in [9.17, 15) is 14.8 Å². The number of nitrogens with zero attached hydrogens (tertiary/aromatic N) is 4. The predicted molar refractivity (Wildman–Crippen MR) is 75.4 cm³/mol. The molecule has 0 amide bonds. The molecular weight excluding hydrogens is 271 g/mol. The minimum atomic E-state index is -0.485. The first-order valence-corrected chi connectivity index (χ1v) is 6.10. The summed E-state index contributed by atoms with van der Waals surface area (Å²) in [6, 6.07) is 12.7. The third-order valence-corrected chi connectivity index (χ3v) is 2.89. The van der Waals surface area contributed by atoms with Crippen LogP contribution in [0.2, 0.25) is 0 Å². The molecule has 0 saturated heterocycles. The molecule has 0 aliphatic carbocycles. The fraction of sp³-hybridized carbons (Fsp3) is 0. The fourth-order valence-corrected chi connectivity index (χ4v) is 1.87. The van der Waals surface area contributed by atoms with Gasteiger partial charge in [0.2, 0.25) is 0 Å². The van der Waals surface area contributed by atoms with E-state index in [0.29, 0.717) is 11.1 Å². The fourth-order valence-electron chi connectivity index (χ4n) is 1.87. The predicted octanol–water partition coefficient (Wildman–Crippen LogP) is 2.80. The highest BCUT2D eigenvalue weighted by Gasteiger charge is 2.10. The zero-order chi connectivity index (χ0) is 14.8. The summed E-state index contributed by atoms with van der Waals surface area (Å²) in [5, 5.41) is 26.5. The van der Waals surface area contributed by atoms with Crippen LogP contribution in [0.3, 0.4) is 0 Å². The molecule has 0 bridgehead atoms. The number of benzene rings is 2. The number of phenolic OH excluding ortho intramolecular Hbond substituents is 1. The number of fused-ring (bicyclic) bond motifs is 1. The monoisotopic (exact) mass is 280 g/mol. The Balaban J connectivity index is 2.08. The lowest BCUT2D eigenvalue weighted by molar-refractivity contribution is 0.475. The van der Waals surface area contributed by atoms with Gasteiger partial charge in [0.25, 0.3) is 0 Å². The Bertz CT molecular complexity index is 875. The molecule has 0 atom stereocenters. The first-order valence-electron chi connectivity index (χ1n) is 6.10. The van der Waals surface area contributed by atoms with Gasteiger partial charge in [0.15, 0.2) is 11.5 Å². The number of hydrogen-bond donors (Lipinski definition) is 1. The van der Waals surface area contributed by atoms with Gasteiger partial charge in [-0.1, -0.05) is 18.2 Å². The molecular formula is C15H9FN4O. The zero-order valence-electron chi connectivity index (χ0n) is 10.7. The van der Waals surface area contributed by atoms with Crippen molar-refractivity contribution in [2.75, 3.05) is 0 Å². The Hall–Kier alpha value is -3.20. The number of halogens is 1. The summed E-state index contributed by atoms with van der Waals surface area (Å²) >= 11 is 0. The van der Waals surface area contributed by atoms with Gasteiger partial charge in [-0.05, 0) is 35.9 Å². The summed E-state index contributed by atoms with van der Waals surface area (Å²) in [4.78, 5) is 1.10. The lowest BCUT2D eigenvalue weighted by Gasteiger charge is -1.97. The Kier molecular flexibility index (Phi) is 3.09. The molecule has 0 unspecified atom stereocenters.